The van der Waals surface area contributed by atoms with Crippen LogP contribution in [0.4, 0.5) is 0 Å². The number of fused-ring (bicyclic) bond motifs is 1. The van der Waals surface area contributed by atoms with Gasteiger partial charge in [0.25, 0.3) is 0 Å². The molecule has 2 N–H and O–H groups in total. The molecule has 0 aliphatic rings. The topological polar surface area (TPSA) is 59.0 Å². The summed E-state index contributed by atoms with van der Waals surface area (Å²) in [5.41, 5.74) is 2.18. The van der Waals surface area contributed by atoms with Crippen molar-refractivity contribution in [2.24, 2.45) is 13.0 Å². The van der Waals surface area contributed by atoms with Crippen LogP contribution >= 0.6 is 0 Å². The Morgan fingerprint density at radius 3 is 2.86 bits per heavy atom. The maximum Gasteiger partial charge on any atom is 0.224 e. The Morgan fingerprint density at radius 2 is 2.14 bits per heavy atom. The second-order valence-electron chi connectivity index (χ2n) is 5.43. The van der Waals surface area contributed by atoms with Gasteiger partial charge in [-0.05, 0) is 25.6 Å². The first-order chi connectivity index (χ1) is 10.1. The summed E-state index contributed by atoms with van der Waals surface area (Å²) in [5, 5.41) is 5.99. The Labute approximate surface area is 125 Å². The van der Waals surface area contributed by atoms with E-state index in [1.807, 2.05) is 39.2 Å². The molecule has 1 unspecified atom stereocenters. The van der Waals surface area contributed by atoms with Crippen molar-refractivity contribution in [1.82, 2.24) is 20.2 Å². The average Bonchev–Trinajstić information content (AvgIpc) is 2.80. The van der Waals surface area contributed by atoms with E-state index >= 15 is 0 Å². The molecule has 0 radical (unpaired) electrons. The quantitative estimate of drug-likeness (QED) is 0.759. The Kier molecular flexibility index (Phi) is 5.33. The number of rotatable bonds is 7. The van der Waals surface area contributed by atoms with Crippen LogP contribution in [0.3, 0.4) is 0 Å². The lowest BCUT2D eigenvalue weighted by Gasteiger charge is -2.11. The summed E-state index contributed by atoms with van der Waals surface area (Å²) in [6.07, 6.45) is 1.76. The number of aryl methyl sites for hydroxylation is 2. The van der Waals surface area contributed by atoms with E-state index in [-0.39, 0.29) is 11.8 Å². The Morgan fingerprint density at radius 1 is 1.38 bits per heavy atom. The summed E-state index contributed by atoms with van der Waals surface area (Å²) in [6.45, 7) is 3.32. The van der Waals surface area contributed by atoms with Crippen LogP contribution in [0.2, 0.25) is 0 Å². The lowest BCUT2D eigenvalue weighted by Crippen LogP contribution is -2.34. The molecule has 2 aromatic rings. The van der Waals surface area contributed by atoms with Crippen molar-refractivity contribution in [3.8, 4) is 0 Å². The van der Waals surface area contributed by atoms with Gasteiger partial charge < -0.3 is 15.2 Å². The number of benzene rings is 1. The largest absolute Gasteiger partial charge is 0.356 e. The number of hydrogen-bond acceptors (Lipinski definition) is 3. The van der Waals surface area contributed by atoms with Crippen molar-refractivity contribution >= 4 is 16.9 Å². The molecule has 5 nitrogen and oxygen atoms in total. The predicted octanol–water partition coefficient (Wildman–Crippen LogP) is 1.48. The highest BCUT2D eigenvalue weighted by atomic mass is 16.1. The van der Waals surface area contributed by atoms with Crippen molar-refractivity contribution in [2.75, 3.05) is 20.1 Å². The normalized spacial score (nSPS) is 12.5. The highest BCUT2D eigenvalue weighted by Gasteiger charge is 2.11. The van der Waals surface area contributed by atoms with Crippen molar-refractivity contribution < 1.29 is 4.79 Å². The molecule has 0 saturated carbocycles. The minimum absolute atomic E-state index is 0.00532. The fraction of sp³-hybridized carbons (Fsp3) is 0.500. The standard InChI is InChI=1S/C16H24N4O/c1-12(11-17-2)16(21)18-10-6-9-15-19-13-7-4-5-8-14(13)20(15)3/h4-5,7-8,12,17H,6,9-11H2,1-3H3,(H,18,21). The van der Waals surface area contributed by atoms with Crippen LogP contribution in [0.15, 0.2) is 24.3 Å². The molecular formula is C16H24N4O. The summed E-state index contributed by atoms with van der Waals surface area (Å²) < 4.78 is 2.13. The second-order valence-corrected chi connectivity index (χ2v) is 5.43. The van der Waals surface area contributed by atoms with E-state index in [4.69, 9.17) is 0 Å². The van der Waals surface area contributed by atoms with Gasteiger partial charge in [-0.2, -0.15) is 0 Å². The van der Waals surface area contributed by atoms with Gasteiger partial charge in [0.05, 0.1) is 11.0 Å². The van der Waals surface area contributed by atoms with Gasteiger partial charge in [-0.25, -0.2) is 4.98 Å². The molecule has 5 heteroatoms. The zero-order valence-corrected chi connectivity index (χ0v) is 13.0. The van der Waals surface area contributed by atoms with Gasteiger partial charge in [0.2, 0.25) is 5.91 Å². The van der Waals surface area contributed by atoms with Crippen molar-refractivity contribution in [3.05, 3.63) is 30.1 Å². The van der Waals surface area contributed by atoms with E-state index in [2.05, 4.69) is 26.3 Å². The smallest absolute Gasteiger partial charge is 0.224 e. The average molecular weight is 288 g/mol. The first-order valence-electron chi connectivity index (χ1n) is 7.46. The molecular weight excluding hydrogens is 264 g/mol. The Balaban J connectivity index is 1.83. The van der Waals surface area contributed by atoms with Crippen molar-refractivity contribution in [3.63, 3.8) is 0 Å². The minimum Gasteiger partial charge on any atom is -0.356 e. The highest BCUT2D eigenvalue weighted by molar-refractivity contribution is 5.78. The highest BCUT2D eigenvalue weighted by Crippen LogP contribution is 2.14. The van der Waals surface area contributed by atoms with Crippen molar-refractivity contribution in [2.45, 2.75) is 19.8 Å². The summed E-state index contributed by atoms with van der Waals surface area (Å²) in [5.74, 6) is 1.17. The van der Waals surface area contributed by atoms with E-state index in [0.29, 0.717) is 13.1 Å². The van der Waals surface area contributed by atoms with Gasteiger partial charge in [-0.3, -0.25) is 4.79 Å². The molecule has 0 spiro atoms. The maximum atomic E-state index is 11.8. The SMILES string of the molecule is CNCC(C)C(=O)NCCCc1nc2ccccc2n1C. The predicted molar refractivity (Wildman–Crippen MR) is 85.1 cm³/mol. The van der Waals surface area contributed by atoms with E-state index in [0.717, 1.165) is 29.7 Å². The van der Waals surface area contributed by atoms with Crippen LogP contribution in [0, 0.1) is 5.92 Å². The lowest BCUT2D eigenvalue weighted by atomic mass is 10.1. The zero-order valence-electron chi connectivity index (χ0n) is 13.0. The van der Waals surface area contributed by atoms with Gasteiger partial charge in [0, 0.05) is 32.5 Å². The fourth-order valence-corrected chi connectivity index (χ4v) is 2.45. The minimum atomic E-state index is 0.00532. The van der Waals surface area contributed by atoms with Crippen LogP contribution in [0.1, 0.15) is 19.2 Å². The molecule has 1 atom stereocenters. The van der Waals surface area contributed by atoms with Crippen LogP contribution in [0.5, 0.6) is 0 Å². The number of carbonyl (C=O) groups excluding carboxylic acids is 1. The molecule has 2 rings (SSSR count). The number of aromatic nitrogens is 2. The lowest BCUT2D eigenvalue weighted by molar-refractivity contribution is -0.124. The molecule has 0 fully saturated rings. The molecule has 0 saturated heterocycles. The summed E-state index contributed by atoms with van der Waals surface area (Å²) >= 11 is 0. The zero-order chi connectivity index (χ0) is 15.2. The van der Waals surface area contributed by atoms with Crippen LogP contribution in [-0.4, -0.2) is 35.6 Å². The third kappa shape index (κ3) is 3.82. The Bertz CT molecular complexity index is 605. The van der Waals surface area contributed by atoms with Crippen molar-refractivity contribution in [1.29, 1.82) is 0 Å². The molecule has 1 aromatic carbocycles. The number of amides is 1. The van der Waals surface area contributed by atoms with E-state index in [9.17, 15) is 4.79 Å². The first kappa shape index (κ1) is 15.5. The molecule has 114 valence electrons. The van der Waals surface area contributed by atoms with E-state index in [1.54, 1.807) is 0 Å². The first-order valence-corrected chi connectivity index (χ1v) is 7.46. The number of nitrogens with zero attached hydrogens (tertiary/aromatic N) is 2. The number of hydrogen-bond donors (Lipinski definition) is 2. The summed E-state index contributed by atoms with van der Waals surface area (Å²) in [7, 11) is 3.90. The summed E-state index contributed by atoms with van der Waals surface area (Å²) in [6, 6.07) is 8.13. The summed E-state index contributed by atoms with van der Waals surface area (Å²) in [4.78, 5) is 16.4. The van der Waals surface area contributed by atoms with E-state index < -0.39 is 0 Å². The fourth-order valence-electron chi connectivity index (χ4n) is 2.45. The van der Waals surface area contributed by atoms with Gasteiger partial charge >= 0.3 is 0 Å². The van der Waals surface area contributed by atoms with Gasteiger partial charge in [0.1, 0.15) is 5.82 Å². The molecule has 0 aliphatic heterocycles. The second kappa shape index (κ2) is 7.22. The molecule has 0 aliphatic carbocycles. The van der Waals surface area contributed by atoms with E-state index in [1.165, 1.54) is 0 Å². The Hall–Kier alpha value is -1.88. The number of carbonyl (C=O) groups is 1. The van der Waals surface area contributed by atoms with Gasteiger partial charge in [0.15, 0.2) is 0 Å². The van der Waals surface area contributed by atoms with Gasteiger partial charge in [-0.1, -0.05) is 19.1 Å². The van der Waals surface area contributed by atoms with Gasteiger partial charge in [-0.15, -0.1) is 0 Å². The third-order valence-electron chi connectivity index (χ3n) is 3.71. The maximum absolute atomic E-state index is 11.8. The van der Waals surface area contributed by atoms with Crippen LogP contribution < -0.4 is 10.6 Å². The number of nitrogens with one attached hydrogen (secondary N) is 2. The van der Waals surface area contributed by atoms with Crippen LogP contribution in [0.25, 0.3) is 11.0 Å². The van der Waals surface area contributed by atoms with Crippen LogP contribution in [-0.2, 0) is 18.3 Å². The molecule has 1 aromatic heterocycles. The third-order valence-corrected chi connectivity index (χ3v) is 3.71. The number of imidazole rings is 1. The molecule has 0 bridgehead atoms. The molecule has 21 heavy (non-hydrogen) atoms. The monoisotopic (exact) mass is 288 g/mol. The molecule has 1 heterocycles. The number of para-hydroxylation sites is 2. The molecule has 1 amide bonds.